The fourth-order valence-corrected chi connectivity index (χ4v) is 3.76. The zero-order chi connectivity index (χ0) is 22.6. The van der Waals surface area contributed by atoms with Crippen LogP contribution < -0.4 is 10.1 Å². The average Bonchev–Trinajstić information content (AvgIpc) is 2.85. The van der Waals surface area contributed by atoms with E-state index in [1.165, 1.54) is 0 Å². The monoisotopic (exact) mass is 471 g/mol. The molecule has 0 aliphatic heterocycles. The molecule has 1 heterocycles. The molecule has 0 spiro atoms. The highest BCUT2D eigenvalue weighted by Crippen LogP contribution is 2.29. The standard InChI is InChI=1S/C27H19Cl2N3O/c28-20-11-9-18(10-12-20)26-31-25-8-4-2-6-23(25)27(32-26)30-21-13-15-22(16-14-21)33-17-19-5-1-3-7-24(19)29/h1-16H,17H2,(H,30,31,32). The summed E-state index contributed by atoms with van der Waals surface area (Å²) in [5.41, 5.74) is 3.60. The van der Waals surface area contributed by atoms with Crippen molar-refractivity contribution in [2.24, 2.45) is 0 Å². The third-order valence-electron chi connectivity index (χ3n) is 5.17. The van der Waals surface area contributed by atoms with E-state index in [1.807, 2.05) is 97.1 Å². The van der Waals surface area contributed by atoms with Crippen molar-refractivity contribution in [3.63, 3.8) is 0 Å². The van der Waals surface area contributed by atoms with Gasteiger partial charge in [-0.05, 0) is 66.7 Å². The molecule has 0 unspecified atom stereocenters. The molecular formula is C27H19Cl2N3O. The summed E-state index contributed by atoms with van der Waals surface area (Å²) >= 11 is 12.3. The molecule has 0 aliphatic carbocycles. The molecular weight excluding hydrogens is 453 g/mol. The van der Waals surface area contributed by atoms with Crippen LogP contribution in [-0.4, -0.2) is 9.97 Å². The minimum absolute atomic E-state index is 0.410. The highest BCUT2D eigenvalue weighted by atomic mass is 35.5. The van der Waals surface area contributed by atoms with E-state index in [-0.39, 0.29) is 0 Å². The predicted octanol–water partition coefficient (Wildman–Crippen LogP) is 7.93. The Morgan fingerprint density at radius 1 is 0.727 bits per heavy atom. The first-order valence-electron chi connectivity index (χ1n) is 10.4. The van der Waals surface area contributed by atoms with Crippen molar-refractivity contribution in [1.29, 1.82) is 0 Å². The van der Waals surface area contributed by atoms with Crippen LogP contribution in [0.1, 0.15) is 5.56 Å². The fourth-order valence-electron chi connectivity index (χ4n) is 3.45. The highest BCUT2D eigenvalue weighted by molar-refractivity contribution is 6.31. The summed E-state index contributed by atoms with van der Waals surface area (Å²) in [5, 5.41) is 5.74. The van der Waals surface area contributed by atoms with Crippen LogP contribution in [0.25, 0.3) is 22.3 Å². The summed E-state index contributed by atoms with van der Waals surface area (Å²) in [7, 11) is 0. The van der Waals surface area contributed by atoms with Gasteiger partial charge in [0.1, 0.15) is 18.2 Å². The number of ether oxygens (including phenoxy) is 1. The number of hydrogen-bond donors (Lipinski definition) is 1. The maximum atomic E-state index is 6.21. The summed E-state index contributed by atoms with van der Waals surface area (Å²) in [6.45, 7) is 0.410. The van der Waals surface area contributed by atoms with Gasteiger partial charge in [-0.25, -0.2) is 9.97 Å². The quantitative estimate of drug-likeness (QED) is 0.273. The Morgan fingerprint density at radius 2 is 1.45 bits per heavy atom. The maximum Gasteiger partial charge on any atom is 0.162 e. The molecule has 0 aliphatic rings. The number of rotatable bonds is 6. The number of nitrogens with one attached hydrogen (secondary N) is 1. The fraction of sp³-hybridized carbons (Fsp3) is 0.0370. The second kappa shape index (κ2) is 9.49. The molecule has 5 aromatic rings. The Kier molecular flexibility index (Phi) is 6.11. The van der Waals surface area contributed by atoms with Crippen LogP contribution in [0.15, 0.2) is 97.1 Å². The molecule has 0 bridgehead atoms. The van der Waals surface area contributed by atoms with Crippen molar-refractivity contribution >= 4 is 45.6 Å². The zero-order valence-electron chi connectivity index (χ0n) is 17.5. The Hall–Kier alpha value is -3.60. The summed E-state index contributed by atoms with van der Waals surface area (Å²) in [4.78, 5) is 9.52. The molecule has 5 rings (SSSR count). The second-order valence-corrected chi connectivity index (χ2v) is 8.29. The van der Waals surface area contributed by atoms with Crippen molar-refractivity contribution in [2.75, 3.05) is 5.32 Å². The van der Waals surface area contributed by atoms with E-state index in [0.29, 0.717) is 22.5 Å². The number of hydrogen-bond acceptors (Lipinski definition) is 4. The summed E-state index contributed by atoms with van der Waals surface area (Å²) < 4.78 is 5.89. The number of benzene rings is 4. The molecule has 33 heavy (non-hydrogen) atoms. The van der Waals surface area contributed by atoms with Crippen LogP contribution in [0.3, 0.4) is 0 Å². The van der Waals surface area contributed by atoms with E-state index < -0.39 is 0 Å². The number of anilines is 2. The lowest BCUT2D eigenvalue weighted by molar-refractivity contribution is 0.306. The van der Waals surface area contributed by atoms with Crippen molar-refractivity contribution < 1.29 is 4.74 Å². The smallest absolute Gasteiger partial charge is 0.162 e. The zero-order valence-corrected chi connectivity index (χ0v) is 19.0. The number of para-hydroxylation sites is 1. The van der Waals surface area contributed by atoms with Gasteiger partial charge in [0.05, 0.1) is 5.52 Å². The van der Waals surface area contributed by atoms with Gasteiger partial charge in [0.25, 0.3) is 0 Å². The van der Waals surface area contributed by atoms with Crippen LogP contribution in [0.5, 0.6) is 5.75 Å². The molecule has 4 nitrogen and oxygen atoms in total. The van der Waals surface area contributed by atoms with Gasteiger partial charge in [0.2, 0.25) is 0 Å². The van der Waals surface area contributed by atoms with Crippen LogP contribution in [-0.2, 0) is 6.61 Å². The van der Waals surface area contributed by atoms with Gasteiger partial charge in [0.15, 0.2) is 5.82 Å². The van der Waals surface area contributed by atoms with Gasteiger partial charge in [0, 0.05) is 32.2 Å². The van der Waals surface area contributed by atoms with Gasteiger partial charge in [-0.2, -0.15) is 0 Å². The Morgan fingerprint density at radius 3 is 2.24 bits per heavy atom. The molecule has 1 aromatic heterocycles. The van der Waals surface area contributed by atoms with Crippen LogP contribution in [0.4, 0.5) is 11.5 Å². The third kappa shape index (κ3) is 4.92. The molecule has 0 saturated carbocycles. The van der Waals surface area contributed by atoms with Crippen LogP contribution in [0, 0.1) is 0 Å². The topological polar surface area (TPSA) is 47.0 Å². The molecule has 0 atom stereocenters. The van der Waals surface area contributed by atoms with Gasteiger partial charge in [-0.1, -0.05) is 53.5 Å². The number of fused-ring (bicyclic) bond motifs is 1. The maximum absolute atomic E-state index is 6.21. The largest absolute Gasteiger partial charge is 0.489 e. The van der Waals surface area contributed by atoms with E-state index >= 15 is 0 Å². The van der Waals surface area contributed by atoms with Gasteiger partial charge >= 0.3 is 0 Å². The molecule has 0 radical (unpaired) electrons. The minimum atomic E-state index is 0.410. The van der Waals surface area contributed by atoms with Crippen molar-refractivity contribution in [3.8, 4) is 17.1 Å². The Labute approximate surface area is 201 Å². The van der Waals surface area contributed by atoms with Crippen LogP contribution >= 0.6 is 23.2 Å². The van der Waals surface area contributed by atoms with Crippen molar-refractivity contribution in [3.05, 3.63) is 113 Å². The first-order valence-corrected chi connectivity index (χ1v) is 11.2. The Balaban J connectivity index is 1.39. The molecule has 6 heteroatoms. The van der Waals surface area contributed by atoms with E-state index in [2.05, 4.69) is 5.32 Å². The lowest BCUT2D eigenvalue weighted by Gasteiger charge is -2.12. The number of halogens is 2. The highest BCUT2D eigenvalue weighted by Gasteiger charge is 2.10. The van der Waals surface area contributed by atoms with E-state index in [0.717, 1.165) is 39.3 Å². The minimum Gasteiger partial charge on any atom is -0.489 e. The average molecular weight is 472 g/mol. The Bertz CT molecular complexity index is 1400. The molecule has 0 fully saturated rings. The van der Waals surface area contributed by atoms with Crippen molar-refractivity contribution in [2.45, 2.75) is 6.61 Å². The number of aromatic nitrogens is 2. The second-order valence-electron chi connectivity index (χ2n) is 7.45. The molecule has 0 amide bonds. The SMILES string of the molecule is Clc1ccc(-c2nc(Nc3ccc(OCc4ccccc4Cl)cc3)c3ccccc3n2)cc1. The lowest BCUT2D eigenvalue weighted by atomic mass is 10.2. The molecule has 4 aromatic carbocycles. The van der Waals surface area contributed by atoms with Crippen LogP contribution in [0.2, 0.25) is 10.0 Å². The van der Waals surface area contributed by atoms with Gasteiger partial charge in [-0.3, -0.25) is 0 Å². The molecule has 0 saturated heterocycles. The lowest BCUT2D eigenvalue weighted by Crippen LogP contribution is -2.00. The summed E-state index contributed by atoms with van der Waals surface area (Å²) in [6, 6.07) is 30.9. The van der Waals surface area contributed by atoms with E-state index in [4.69, 9.17) is 37.9 Å². The van der Waals surface area contributed by atoms with Gasteiger partial charge < -0.3 is 10.1 Å². The normalized spacial score (nSPS) is 10.8. The molecule has 162 valence electrons. The third-order valence-corrected chi connectivity index (χ3v) is 5.80. The molecule has 1 N–H and O–H groups in total. The number of nitrogens with zero attached hydrogens (tertiary/aromatic N) is 2. The van der Waals surface area contributed by atoms with E-state index in [9.17, 15) is 0 Å². The van der Waals surface area contributed by atoms with Gasteiger partial charge in [-0.15, -0.1) is 0 Å². The van der Waals surface area contributed by atoms with E-state index in [1.54, 1.807) is 0 Å². The first kappa shape index (κ1) is 21.3. The summed E-state index contributed by atoms with van der Waals surface area (Å²) in [5.74, 6) is 2.12. The summed E-state index contributed by atoms with van der Waals surface area (Å²) in [6.07, 6.45) is 0. The predicted molar refractivity (Wildman–Crippen MR) is 135 cm³/mol. The first-order chi connectivity index (χ1) is 16.2. The van der Waals surface area contributed by atoms with Crippen molar-refractivity contribution in [1.82, 2.24) is 9.97 Å².